The van der Waals surface area contributed by atoms with Crippen LogP contribution in [0.1, 0.15) is 40.7 Å². The first-order valence-corrected chi connectivity index (χ1v) is 10.6. The van der Waals surface area contributed by atoms with Crippen LogP contribution in [0.3, 0.4) is 0 Å². The molecule has 7 heteroatoms. The topological polar surface area (TPSA) is 56.7 Å². The molecule has 2 aromatic rings. The number of benzene rings is 2. The first-order chi connectivity index (χ1) is 14.2. The van der Waals surface area contributed by atoms with Gasteiger partial charge in [0.2, 0.25) is 0 Å². The number of guanidine groups is 1. The van der Waals surface area contributed by atoms with Crippen molar-refractivity contribution in [3.05, 3.63) is 70.2 Å². The zero-order chi connectivity index (χ0) is 20.5. The van der Waals surface area contributed by atoms with Crippen LogP contribution in [-0.4, -0.2) is 43.4 Å². The predicted octanol–water partition coefficient (Wildman–Crippen LogP) is 4.49. The molecule has 30 heavy (non-hydrogen) atoms. The lowest BCUT2D eigenvalue weighted by molar-refractivity contribution is 0.0724. The van der Waals surface area contributed by atoms with Crippen LogP contribution >= 0.6 is 35.6 Å². The Hall–Kier alpha value is -1.80. The van der Waals surface area contributed by atoms with Gasteiger partial charge in [-0.2, -0.15) is 0 Å². The number of nitrogens with one attached hydrogen (secondary N) is 2. The standard InChI is InChI=1S/C23H29ClN4O.HI/c1-25-23(26-14-13-18-7-11-21(24)12-8-18)27-17-19-5-9-20(10-6-19)22(29)28-15-3-2-4-16-28;/h5-12H,2-4,13-17H2,1H3,(H2,25,26,27);1H. The van der Waals surface area contributed by atoms with E-state index < -0.39 is 0 Å². The smallest absolute Gasteiger partial charge is 0.253 e. The Kier molecular flexibility index (Phi) is 10.4. The van der Waals surface area contributed by atoms with Gasteiger partial charge >= 0.3 is 0 Å². The molecule has 0 spiro atoms. The Morgan fingerprint density at radius 3 is 2.23 bits per heavy atom. The summed E-state index contributed by atoms with van der Waals surface area (Å²) in [5.74, 6) is 0.899. The number of hydrogen-bond donors (Lipinski definition) is 2. The van der Waals surface area contributed by atoms with Crippen LogP contribution in [0.5, 0.6) is 0 Å². The molecule has 1 aliphatic heterocycles. The van der Waals surface area contributed by atoms with E-state index in [-0.39, 0.29) is 29.9 Å². The summed E-state index contributed by atoms with van der Waals surface area (Å²) in [4.78, 5) is 18.8. The number of likely N-dealkylation sites (tertiary alicyclic amines) is 1. The molecule has 0 aliphatic carbocycles. The molecule has 1 saturated heterocycles. The molecule has 2 aromatic carbocycles. The molecule has 1 aliphatic rings. The van der Waals surface area contributed by atoms with E-state index in [1.165, 1.54) is 12.0 Å². The minimum absolute atomic E-state index is 0. The SMILES string of the molecule is CN=C(NCCc1ccc(Cl)cc1)NCc1ccc(C(=O)N2CCCCC2)cc1.I. The molecule has 162 valence electrons. The van der Waals surface area contributed by atoms with Crippen molar-refractivity contribution in [1.82, 2.24) is 15.5 Å². The van der Waals surface area contributed by atoms with Gasteiger partial charge in [0.05, 0.1) is 0 Å². The number of nitrogens with zero attached hydrogens (tertiary/aromatic N) is 2. The molecule has 0 unspecified atom stereocenters. The van der Waals surface area contributed by atoms with E-state index in [4.69, 9.17) is 11.6 Å². The zero-order valence-electron chi connectivity index (χ0n) is 17.4. The third-order valence-electron chi connectivity index (χ3n) is 5.15. The van der Waals surface area contributed by atoms with Crippen LogP contribution in [-0.2, 0) is 13.0 Å². The second kappa shape index (κ2) is 12.8. The van der Waals surface area contributed by atoms with Gasteiger partial charge < -0.3 is 15.5 Å². The van der Waals surface area contributed by atoms with E-state index in [0.29, 0.717) is 6.54 Å². The maximum absolute atomic E-state index is 12.6. The Morgan fingerprint density at radius 1 is 0.967 bits per heavy atom. The third kappa shape index (κ3) is 7.47. The summed E-state index contributed by atoms with van der Waals surface area (Å²) in [5, 5.41) is 7.39. The fraction of sp³-hybridized carbons (Fsp3) is 0.391. The largest absolute Gasteiger partial charge is 0.356 e. The van der Waals surface area contributed by atoms with Crippen LogP contribution in [0.25, 0.3) is 0 Å². The van der Waals surface area contributed by atoms with E-state index in [2.05, 4.69) is 15.6 Å². The van der Waals surface area contributed by atoms with Crippen molar-refractivity contribution in [3.63, 3.8) is 0 Å². The fourth-order valence-corrected chi connectivity index (χ4v) is 3.55. The van der Waals surface area contributed by atoms with Crippen LogP contribution < -0.4 is 10.6 Å². The monoisotopic (exact) mass is 540 g/mol. The number of carbonyl (C=O) groups excluding carboxylic acids is 1. The molecule has 0 atom stereocenters. The minimum Gasteiger partial charge on any atom is -0.356 e. The van der Waals surface area contributed by atoms with Gasteiger partial charge in [-0.05, 0) is 61.1 Å². The lowest BCUT2D eigenvalue weighted by Crippen LogP contribution is -2.38. The molecule has 0 radical (unpaired) electrons. The molecule has 1 fully saturated rings. The van der Waals surface area contributed by atoms with E-state index >= 15 is 0 Å². The maximum Gasteiger partial charge on any atom is 0.253 e. The third-order valence-corrected chi connectivity index (χ3v) is 5.40. The lowest BCUT2D eigenvalue weighted by Gasteiger charge is -2.26. The Bertz CT molecular complexity index is 818. The lowest BCUT2D eigenvalue weighted by atomic mass is 10.1. The summed E-state index contributed by atoms with van der Waals surface area (Å²) in [5.41, 5.74) is 3.10. The van der Waals surface area contributed by atoms with Crippen molar-refractivity contribution < 1.29 is 4.79 Å². The van der Waals surface area contributed by atoms with E-state index in [9.17, 15) is 4.79 Å². The summed E-state index contributed by atoms with van der Waals surface area (Å²) in [6.07, 6.45) is 4.34. The highest BCUT2D eigenvalue weighted by molar-refractivity contribution is 14.0. The average Bonchev–Trinajstić information content (AvgIpc) is 2.78. The van der Waals surface area contributed by atoms with Gasteiger partial charge in [-0.1, -0.05) is 35.9 Å². The highest BCUT2D eigenvalue weighted by atomic mass is 127. The van der Waals surface area contributed by atoms with E-state index in [0.717, 1.165) is 61.0 Å². The number of rotatable bonds is 6. The van der Waals surface area contributed by atoms with Gasteiger partial charge in [0, 0.05) is 43.8 Å². The van der Waals surface area contributed by atoms with E-state index in [1.54, 1.807) is 7.05 Å². The quantitative estimate of drug-likeness (QED) is 0.322. The summed E-state index contributed by atoms with van der Waals surface area (Å²) in [6.45, 7) is 3.18. The molecule has 3 rings (SSSR count). The van der Waals surface area contributed by atoms with Crippen LogP contribution in [0, 0.1) is 0 Å². The average molecular weight is 541 g/mol. The van der Waals surface area contributed by atoms with Crippen molar-refractivity contribution >= 4 is 47.4 Å². The Labute approximate surface area is 201 Å². The van der Waals surface area contributed by atoms with Gasteiger partial charge in [0.15, 0.2) is 5.96 Å². The van der Waals surface area contributed by atoms with Gasteiger partial charge in [0.1, 0.15) is 0 Å². The summed E-state index contributed by atoms with van der Waals surface area (Å²) in [7, 11) is 1.76. The number of amides is 1. The van der Waals surface area contributed by atoms with Gasteiger partial charge in [-0.15, -0.1) is 24.0 Å². The predicted molar refractivity (Wildman–Crippen MR) is 135 cm³/mol. The molecule has 1 amide bonds. The molecule has 0 bridgehead atoms. The second-order valence-electron chi connectivity index (χ2n) is 7.28. The van der Waals surface area contributed by atoms with E-state index in [1.807, 2.05) is 53.4 Å². The van der Waals surface area contributed by atoms with Crippen molar-refractivity contribution in [2.75, 3.05) is 26.7 Å². The van der Waals surface area contributed by atoms with Crippen LogP contribution in [0.15, 0.2) is 53.5 Å². The molecule has 0 aromatic heterocycles. The molecular weight excluding hydrogens is 511 g/mol. The van der Waals surface area contributed by atoms with Gasteiger partial charge in [-0.25, -0.2) is 0 Å². The minimum atomic E-state index is 0. The first kappa shape index (κ1) is 24.5. The highest BCUT2D eigenvalue weighted by Crippen LogP contribution is 2.14. The maximum atomic E-state index is 12.6. The van der Waals surface area contributed by atoms with Crippen molar-refractivity contribution in [2.24, 2.45) is 4.99 Å². The fourth-order valence-electron chi connectivity index (χ4n) is 3.43. The Balaban J connectivity index is 0.00000320. The normalized spacial score (nSPS) is 14.1. The van der Waals surface area contributed by atoms with Crippen LogP contribution in [0.4, 0.5) is 0 Å². The number of carbonyl (C=O) groups is 1. The number of hydrogen-bond acceptors (Lipinski definition) is 2. The number of halogens is 2. The molecule has 0 saturated carbocycles. The van der Waals surface area contributed by atoms with Gasteiger partial charge in [0.25, 0.3) is 5.91 Å². The molecule has 5 nitrogen and oxygen atoms in total. The van der Waals surface area contributed by atoms with Crippen molar-refractivity contribution in [2.45, 2.75) is 32.2 Å². The first-order valence-electron chi connectivity index (χ1n) is 10.2. The zero-order valence-corrected chi connectivity index (χ0v) is 20.5. The molecule has 1 heterocycles. The summed E-state index contributed by atoms with van der Waals surface area (Å²) < 4.78 is 0. The number of aliphatic imine (C=N–C) groups is 1. The summed E-state index contributed by atoms with van der Waals surface area (Å²) in [6, 6.07) is 15.7. The second-order valence-corrected chi connectivity index (χ2v) is 7.72. The molecule has 2 N–H and O–H groups in total. The van der Waals surface area contributed by atoms with Crippen LogP contribution in [0.2, 0.25) is 5.02 Å². The van der Waals surface area contributed by atoms with Crippen molar-refractivity contribution in [3.8, 4) is 0 Å². The Morgan fingerprint density at radius 2 is 1.60 bits per heavy atom. The highest BCUT2D eigenvalue weighted by Gasteiger charge is 2.17. The molecular formula is C23H30ClIN4O. The van der Waals surface area contributed by atoms with Crippen molar-refractivity contribution in [1.29, 1.82) is 0 Å². The number of piperidine rings is 1. The summed E-state index contributed by atoms with van der Waals surface area (Å²) >= 11 is 5.92. The van der Waals surface area contributed by atoms with Gasteiger partial charge in [-0.3, -0.25) is 9.79 Å².